The molecule has 5 rings (SSSR count). The van der Waals surface area contributed by atoms with Crippen LogP contribution in [0.2, 0.25) is 0 Å². The number of unbranched alkanes of at least 4 members (excludes halogenated alkanes) is 3. The Kier molecular flexibility index (Phi) is 14.1. The number of alkyl halides is 3. The fraction of sp³-hybridized carbons (Fsp3) is 0.684. The van der Waals surface area contributed by atoms with Crippen LogP contribution in [0.1, 0.15) is 113 Å². The fourth-order valence-electron chi connectivity index (χ4n) is 8.13. The zero-order valence-corrected chi connectivity index (χ0v) is 31.6. The number of carbonyl (C=O) groups excluding carboxylic acids is 3. The summed E-state index contributed by atoms with van der Waals surface area (Å²) in [6.07, 6.45) is 3.81. The van der Waals surface area contributed by atoms with Gasteiger partial charge in [-0.3, -0.25) is 29.3 Å². The van der Waals surface area contributed by atoms with E-state index in [1.807, 2.05) is 22.9 Å². The van der Waals surface area contributed by atoms with Crippen LogP contribution < -0.4 is 15.4 Å². The molecule has 4 amide bonds. The average Bonchev–Trinajstić information content (AvgIpc) is 3.72. The van der Waals surface area contributed by atoms with Gasteiger partial charge in [0, 0.05) is 19.6 Å². The molecule has 1 aromatic rings. The van der Waals surface area contributed by atoms with Crippen LogP contribution in [0, 0.1) is 5.92 Å². The first-order valence-electron chi connectivity index (χ1n) is 19.4. The summed E-state index contributed by atoms with van der Waals surface area (Å²) in [4.78, 5) is 54.8. The van der Waals surface area contributed by atoms with Crippen molar-refractivity contribution in [1.29, 1.82) is 0 Å². The first-order chi connectivity index (χ1) is 25.7. The molecule has 2 heterocycles. The highest BCUT2D eigenvalue weighted by atomic mass is 32.2. The van der Waals surface area contributed by atoms with Gasteiger partial charge in [-0.15, -0.1) is 6.58 Å². The number of rotatable bonds is 18. The molecule has 2 unspecified atom stereocenters. The molecule has 1 aromatic carbocycles. The van der Waals surface area contributed by atoms with Crippen molar-refractivity contribution in [1.82, 2.24) is 25.2 Å². The molecule has 4 atom stereocenters. The molecular weight excluding hydrogens is 728 g/mol. The normalized spacial score (nSPS) is 20.9. The molecule has 0 radical (unpaired) electrons. The van der Waals surface area contributed by atoms with Crippen molar-refractivity contribution in [2.24, 2.45) is 5.92 Å². The number of benzene rings is 1. The summed E-state index contributed by atoms with van der Waals surface area (Å²) < 4.78 is 70.5. The Morgan fingerprint density at radius 3 is 2.35 bits per heavy atom. The molecule has 2 saturated carbocycles. The number of aryl methyl sites for hydroxylation is 1. The van der Waals surface area contributed by atoms with Gasteiger partial charge < -0.3 is 15.3 Å². The molecule has 2 aliphatic carbocycles. The third kappa shape index (κ3) is 10.8. The van der Waals surface area contributed by atoms with E-state index >= 15 is 0 Å². The number of halogens is 3. The van der Waals surface area contributed by atoms with Crippen LogP contribution in [0.4, 0.5) is 18.0 Å². The van der Waals surface area contributed by atoms with E-state index in [4.69, 9.17) is 0 Å². The van der Waals surface area contributed by atoms with Crippen molar-refractivity contribution in [3.63, 3.8) is 0 Å². The van der Waals surface area contributed by atoms with Crippen molar-refractivity contribution in [3.8, 4) is 0 Å². The number of nitrogens with zero attached hydrogens (tertiary/aromatic N) is 2. The summed E-state index contributed by atoms with van der Waals surface area (Å²) in [5.41, 5.74) is 3.06. The number of sulfonamides is 1. The summed E-state index contributed by atoms with van der Waals surface area (Å²) >= 11 is 0. The van der Waals surface area contributed by atoms with Gasteiger partial charge in [-0.25, -0.2) is 13.2 Å². The number of nitrogens with one attached hydrogen (secondary N) is 3. The van der Waals surface area contributed by atoms with Gasteiger partial charge in [0.2, 0.25) is 21.8 Å². The summed E-state index contributed by atoms with van der Waals surface area (Å²) in [5.74, 6) is -2.47. The van der Waals surface area contributed by atoms with Gasteiger partial charge >= 0.3 is 12.3 Å². The zero-order valence-electron chi connectivity index (χ0n) is 30.7. The number of hydrogen-bond donors (Lipinski definition) is 4. The largest absolute Gasteiger partial charge is 0.465 e. The Bertz CT molecular complexity index is 1630. The minimum atomic E-state index is -4.61. The van der Waals surface area contributed by atoms with E-state index < -0.39 is 69.4 Å². The zero-order chi connectivity index (χ0) is 39.0. The molecule has 54 heavy (non-hydrogen) atoms. The Labute approximate surface area is 315 Å². The Balaban J connectivity index is 1.19. The lowest BCUT2D eigenvalue weighted by molar-refractivity contribution is -0.164. The van der Waals surface area contributed by atoms with Crippen LogP contribution in [0.15, 0.2) is 30.9 Å². The van der Waals surface area contributed by atoms with Gasteiger partial charge in [0.15, 0.2) is 0 Å². The van der Waals surface area contributed by atoms with E-state index in [9.17, 15) is 45.9 Å². The van der Waals surface area contributed by atoms with Gasteiger partial charge in [0.25, 0.3) is 5.91 Å². The fourth-order valence-corrected chi connectivity index (χ4v) is 9.48. The van der Waals surface area contributed by atoms with E-state index in [2.05, 4.69) is 17.2 Å². The first-order valence-corrected chi connectivity index (χ1v) is 20.9. The third-order valence-electron chi connectivity index (χ3n) is 11.3. The molecule has 300 valence electrons. The van der Waals surface area contributed by atoms with Gasteiger partial charge in [0.1, 0.15) is 18.1 Å². The number of carboxylic acid groups (broad SMARTS) is 1. The van der Waals surface area contributed by atoms with Crippen LogP contribution in [0.3, 0.4) is 0 Å². The standard InChI is InChI=1S/C38H54F3N5O7S/c1-2-12-30(34(47)44-54(52,53)28-20-21-28)42-35(48)31-18-11-22-46(31)36(49)33(26-14-7-5-8-15-26)43-32(38(39,40)41)19-9-4-3-6-13-25-16-10-17-27-23-45(37(50)51)24-29(25)27/h2,10,16-17,26,28,30-33,43H,1,3-9,11-15,18-24H2,(H,42,48)(H,44,47)(H,50,51)/t30?,31-,32?,33-/m0/s1. The van der Waals surface area contributed by atoms with E-state index in [1.54, 1.807) is 0 Å². The maximum absolute atomic E-state index is 14.6. The third-order valence-corrected chi connectivity index (χ3v) is 13.1. The molecule has 0 spiro atoms. The van der Waals surface area contributed by atoms with Crippen molar-refractivity contribution >= 4 is 33.8 Å². The van der Waals surface area contributed by atoms with Gasteiger partial charge in [-0.2, -0.15) is 13.2 Å². The molecule has 2 aliphatic heterocycles. The van der Waals surface area contributed by atoms with E-state index in [0.29, 0.717) is 70.9 Å². The van der Waals surface area contributed by atoms with Gasteiger partial charge in [-0.1, -0.05) is 62.8 Å². The number of likely N-dealkylation sites (tertiary alicyclic amines) is 1. The number of amides is 4. The maximum atomic E-state index is 14.6. The minimum Gasteiger partial charge on any atom is -0.465 e. The quantitative estimate of drug-likeness (QED) is 0.115. The highest BCUT2D eigenvalue weighted by Crippen LogP contribution is 2.33. The Hall–Kier alpha value is -3.66. The second kappa shape index (κ2) is 18.3. The second-order valence-electron chi connectivity index (χ2n) is 15.3. The molecule has 4 N–H and O–H groups in total. The smallest absolute Gasteiger partial charge is 0.407 e. The highest BCUT2D eigenvalue weighted by Gasteiger charge is 2.46. The summed E-state index contributed by atoms with van der Waals surface area (Å²) in [5, 5.41) is 14.0. The van der Waals surface area contributed by atoms with E-state index in [0.717, 1.165) is 42.4 Å². The lowest BCUT2D eigenvalue weighted by atomic mass is 9.82. The monoisotopic (exact) mass is 781 g/mol. The molecular formula is C38H54F3N5O7S. The number of carbonyl (C=O) groups is 4. The highest BCUT2D eigenvalue weighted by molar-refractivity contribution is 7.90. The van der Waals surface area contributed by atoms with Crippen molar-refractivity contribution in [2.45, 2.75) is 151 Å². The Morgan fingerprint density at radius 1 is 0.963 bits per heavy atom. The van der Waals surface area contributed by atoms with E-state index in [1.165, 1.54) is 15.9 Å². The summed E-state index contributed by atoms with van der Waals surface area (Å²) in [6.45, 7) is 4.46. The van der Waals surface area contributed by atoms with Crippen LogP contribution in [-0.4, -0.2) is 89.3 Å². The molecule has 0 aromatic heterocycles. The molecule has 1 saturated heterocycles. The van der Waals surface area contributed by atoms with Crippen LogP contribution in [0.5, 0.6) is 0 Å². The van der Waals surface area contributed by atoms with Crippen molar-refractivity contribution in [3.05, 3.63) is 47.5 Å². The SMILES string of the molecule is C=CCC(NC(=O)[C@@H]1CCCN1C(=O)[C@@H](NC(CCCCCCc1cccc2c1CN(C(=O)O)C2)C(F)(F)F)C1CCCCC1)C(=O)NS(=O)(=O)C1CC1. The predicted octanol–water partition coefficient (Wildman–Crippen LogP) is 5.30. The van der Waals surface area contributed by atoms with Crippen molar-refractivity contribution in [2.75, 3.05) is 6.54 Å². The maximum Gasteiger partial charge on any atom is 0.407 e. The van der Waals surface area contributed by atoms with Crippen molar-refractivity contribution < 1.29 is 45.9 Å². The summed E-state index contributed by atoms with van der Waals surface area (Å²) in [6, 6.07) is 0.464. The molecule has 4 aliphatic rings. The van der Waals surface area contributed by atoms with Gasteiger partial charge in [-0.05, 0) is 86.8 Å². The van der Waals surface area contributed by atoms with Crippen LogP contribution in [0.25, 0.3) is 0 Å². The number of fused-ring (bicyclic) bond motifs is 1. The topological polar surface area (TPSA) is 165 Å². The van der Waals surface area contributed by atoms with Crippen LogP contribution >= 0.6 is 0 Å². The predicted molar refractivity (Wildman–Crippen MR) is 195 cm³/mol. The Morgan fingerprint density at radius 2 is 1.69 bits per heavy atom. The summed E-state index contributed by atoms with van der Waals surface area (Å²) in [7, 11) is -3.87. The lowest BCUT2D eigenvalue weighted by Gasteiger charge is -2.37. The molecule has 3 fully saturated rings. The minimum absolute atomic E-state index is 0.0578. The van der Waals surface area contributed by atoms with Gasteiger partial charge in [0.05, 0.1) is 11.3 Å². The lowest BCUT2D eigenvalue weighted by Crippen LogP contribution is -2.60. The molecule has 0 bridgehead atoms. The first kappa shape index (κ1) is 41.5. The average molecular weight is 782 g/mol. The van der Waals surface area contributed by atoms with Crippen LogP contribution in [-0.2, 0) is 43.9 Å². The second-order valence-corrected chi connectivity index (χ2v) is 17.2. The molecule has 12 nitrogen and oxygen atoms in total. The number of hydrogen-bond acceptors (Lipinski definition) is 7. The molecule has 16 heteroatoms. The van der Waals surface area contributed by atoms with E-state index in [-0.39, 0.29) is 31.7 Å².